The zero-order chi connectivity index (χ0) is 18.0. The van der Waals surface area contributed by atoms with Crippen molar-refractivity contribution in [2.45, 2.75) is 10.8 Å². The van der Waals surface area contributed by atoms with Gasteiger partial charge in [0.2, 0.25) is 10.0 Å². The zero-order valence-corrected chi connectivity index (χ0v) is 14.7. The minimum Gasteiger partial charge on any atom is -0.464 e. The average molecular weight is 363 g/mol. The largest absolute Gasteiger partial charge is 0.464 e. The Kier molecular flexibility index (Phi) is 4.94. The smallest absolute Gasteiger partial charge is 0.354 e. The van der Waals surface area contributed by atoms with Gasteiger partial charge < -0.3 is 15.5 Å². The SMILES string of the molecule is COC(=O)c1cc(S(=O)(=O)N2C[C@@H](CN)[C@H](c3ccccc3)C2)c[nH]1. The molecule has 0 unspecified atom stereocenters. The van der Waals surface area contributed by atoms with Crippen LogP contribution < -0.4 is 5.73 Å². The molecule has 0 spiro atoms. The molecule has 1 aromatic heterocycles. The van der Waals surface area contributed by atoms with E-state index in [0.29, 0.717) is 19.6 Å². The molecule has 1 aliphatic rings. The summed E-state index contributed by atoms with van der Waals surface area (Å²) in [6, 6.07) is 11.1. The van der Waals surface area contributed by atoms with Crippen LogP contribution in [0.2, 0.25) is 0 Å². The number of nitrogens with zero attached hydrogens (tertiary/aromatic N) is 1. The summed E-state index contributed by atoms with van der Waals surface area (Å²) in [6.45, 7) is 1.14. The molecule has 3 rings (SSSR count). The number of nitrogens with two attached hydrogens (primary N) is 1. The molecular weight excluding hydrogens is 342 g/mol. The second kappa shape index (κ2) is 6.99. The average Bonchev–Trinajstić information content (AvgIpc) is 3.29. The maximum absolute atomic E-state index is 12.9. The number of benzene rings is 1. The summed E-state index contributed by atoms with van der Waals surface area (Å²) in [5.41, 5.74) is 7.07. The van der Waals surface area contributed by atoms with Gasteiger partial charge in [0.25, 0.3) is 0 Å². The van der Waals surface area contributed by atoms with Crippen molar-refractivity contribution in [1.82, 2.24) is 9.29 Å². The number of sulfonamides is 1. The number of carbonyl (C=O) groups excluding carboxylic acids is 1. The van der Waals surface area contributed by atoms with Gasteiger partial charge in [0.1, 0.15) is 10.6 Å². The third kappa shape index (κ3) is 3.33. The van der Waals surface area contributed by atoms with Gasteiger partial charge in [0.05, 0.1) is 7.11 Å². The highest BCUT2D eigenvalue weighted by Crippen LogP contribution is 2.35. The minimum atomic E-state index is -3.70. The number of carbonyl (C=O) groups is 1. The van der Waals surface area contributed by atoms with E-state index >= 15 is 0 Å². The lowest BCUT2D eigenvalue weighted by Crippen LogP contribution is -2.29. The van der Waals surface area contributed by atoms with Crippen LogP contribution in [0.3, 0.4) is 0 Å². The quantitative estimate of drug-likeness (QED) is 0.776. The highest BCUT2D eigenvalue weighted by molar-refractivity contribution is 7.89. The number of hydrogen-bond donors (Lipinski definition) is 2. The van der Waals surface area contributed by atoms with Crippen molar-refractivity contribution in [3.8, 4) is 0 Å². The maximum Gasteiger partial charge on any atom is 0.354 e. The Bertz CT molecular complexity index is 848. The van der Waals surface area contributed by atoms with Crippen molar-refractivity contribution < 1.29 is 17.9 Å². The highest BCUT2D eigenvalue weighted by atomic mass is 32.2. The molecule has 2 aromatic rings. The van der Waals surface area contributed by atoms with Crippen LogP contribution in [0.5, 0.6) is 0 Å². The number of aromatic amines is 1. The van der Waals surface area contributed by atoms with Crippen LogP contribution in [-0.2, 0) is 14.8 Å². The summed E-state index contributed by atoms with van der Waals surface area (Å²) in [5, 5.41) is 0. The summed E-state index contributed by atoms with van der Waals surface area (Å²) in [4.78, 5) is 14.2. The zero-order valence-electron chi connectivity index (χ0n) is 13.9. The van der Waals surface area contributed by atoms with Crippen molar-refractivity contribution in [2.75, 3.05) is 26.7 Å². The molecule has 0 aliphatic carbocycles. The Morgan fingerprint density at radius 3 is 2.68 bits per heavy atom. The molecule has 0 bridgehead atoms. The van der Waals surface area contributed by atoms with Gasteiger partial charge in [-0.25, -0.2) is 13.2 Å². The van der Waals surface area contributed by atoms with Gasteiger partial charge in [0, 0.05) is 25.2 Å². The van der Waals surface area contributed by atoms with Crippen LogP contribution in [0.4, 0.5) is 0 Å². The van der Waals surface area contributed by atoms with E-state index in [1.807, 2.05) is 30.3 Å². The lowest BCUT2D eigenvalue weighted by molar-refractivity contribution is 0.0594. The number of methoxy groups -OCH3 is 1. The number of rotatable bonds is 5. The fraction of sp³-hybridized carbons (Fsp3) is 0.353. The van der Waals surface area contributed by atoms with Gasteiger partial charge >= 0.3 is 5.97 Å². The van der Waals surface area contributed by atoms with Gasteiger partial charge in [-0.2, -0.15) is 4.31 Å². The van der Waals surface area contributed by atoms with E-state index in [2.05, 4.69) is 9.72 Å². The molecule has 2 heterocycles. The minimum absolute atomic E-state index is 0.0520. The third-order valence-electron chi connectivity index (χ3n) is 4.64. The lowest BCUT2D eigenvalue weighted by atomic mass is 9.89. The van der Waals surface area contributed by atoms with Crippen LogP contribution in [0, 0.1) is 5.92 Å². The molecule has 1 aromatic carbocycles. The van der Waals surface area contributed by atoms with Crippen LogP contribution in [0.15, 0.2) is 47.5 Å². The molecule has 0 radical (unpaired) electrons. The summed E-state index contributed by atoms with van der Waals surface area (Å²) in [7, 11) is -2.46. The highest BCUT2D eigenvalue weighted by Gasteiger charge is 2.39. The first-order valence-electron chi connectivity index (χ1n) is 7.99. The number of esters is 1. The normalized spacial score (nSPS) is 21.4. The molecule has 3 N–H and O–H groups in total. The van der Waals surface area contributed by atoms with Gasteiger partial charge in [-0.1, -0.05) is 30.3 Å². The van der Waals surface area contributed by atoms with Crippen LogP contribution >= 0.6 is 0 Å². The fourth-order valence-corrected chi connectivity index (χ4v) is 4.76. The van der Waals surface area contributed by atoms with Crippen LogP contribution in [-0.4, -0.2) is 50.4 Å². The van der Waals surface area contributed by atoms with E-state index < -0.39 is 16.0 Å². The summed E-state index contributed by atoms with van der Waals surface area (Å²) < 4.78 is 31.9. The number of ether oxygens (including phenoxy) is 1. The Morgan fingerprint density at radius 2 is 2.04 bits per heavy atom. The molecule has 25 heavy (non-hydrogen) atoms. The summed E-state index contributed by atoms with van der Waals surface area (Å²) in [5.74, 6) is -0.499. The molecule has 134 valence electrons. The third-order valence-corrected chi connectivity index (χ3v) is 6.45. The second-order valence-electron chi connectivity index (χ2n) is 6.08. The van der Waals surface area contributed by atoms with Crippen molar-refractivity contribution in [3.05, 3.63) is 53.9 Å². The summed E-state index contributed by atoms with van der Waals surface area (Å²) in [6.07, 6.45) is 1.31. The van der Waals surface area contributed by atoms with Crippen LogP contribution in [0.1, 0.15) is 22.0 Å². The Hall–Kier alpha value is -2.16. The molecule has 1 saturated heterocycles. The van der Waals surface area contributed by atoms with Gasteiger partial charge in [-0.3, -0.25) is 0 Å². The molecule has 1 aliphatic heterocycles. The molecular formula is C17H21N3O4S. The van der Waals surface area contributed by atoms with E-state index in [4.69, 9.17) is 5.73 Å². The van der Waals surface area contributed by atoms with E-state index in [0.717, 1.165) is 5.56 Å². The van der Waals surface area contributed by atoms with Crippen molar-refractivity contribution in [1.29, 1.82) is 0 Å². The standard InChI is InChI=1S/C17H21N3O4S/c1-24-17(21)16-7-14(9-19-16)25(22,23)20-10-13(8-18)15(11-20)12-5-3-2-4-6-12/h2-7,9,13,15,19H,8,10-11,18H2,1H3/t13-,15+/m1/s1. The molecule has 2 atom stereocenters. The van der Waals surface area contributed by atoms with Crippen LogP contribution in [0.25, 0.3) is 0 Å². The fourth-order valence-electron chi connectivity index (χ4n) is 3.24. The van der Waals surface area contributed by atoms with E-state index in [9.17, 15) is 13.2 Å². The number of aromatic nitrogens is 1. The van der Waals surface area contributed by atoms with Gasteiger partial charge in [-0.15, -0.1) is 0 Å². The number of hydrogen-bond acceptors (Lipinski definition) is 5. The predicted octanol–water partition coefficient (Wildman–Crippen LogP) is 1.16. The Labute approximate surface area is 146 Å². The Morgan fingerprint density at radius 1 is 1.32 bits per heavy atom. The molecule has 1 fully saturated rings. The van der Waals surface area contributed by atoms with Crippen molar-refractivity contribution in [2.24, 2.45) is 11.7 Å². The van der Waals surface area contributed by atoms with Gasteiger partial charge in [-0.05, 0) is 24.1 Å². The second-order valence-corrected chi connectivity index (χ2v) is 8.01. The topological polar surface area (TPSA) is 105 Å². The van der Waals surface area contributed by atoms with E-state index in [1.54, 1.807) is 0 Å². The number of nitrogens with one attached hydrogen (secondary N) is 1. The maximum atomic E-state index is 12.9. The number of H-pyrrole nitrogens is 1. The first-order chi connectivity index (χ1) is 12.0. The predicted molar refractivity (Wildman–Crippen MR) is 92.6 cm³/mol. The Balaban J connectivity index is 1.86. The van der Waals surface area contributed by atoms with Crippen molar-refractivity contribution >= 4 is 16.0 Å². The molecule has 7 nitrogen and oxygen atoms in total. The first-order valence-corrected chi connectivity index (χ1v) is 9.43. The molecule has 0 saturated carbocycles. The van der Waals surface area contributed by atoms with E-state index in [-0.39, 0.29) is 22.4 Å². The van der Waals surface area contributed by atoms with E-state index in [1.165, 1.54) is 23.7 Å². The molecule has 8 heteroatoms. The van der Waals surface area contributed by atoms with Crippen molar-refractivity contribution in [3.63, 3.8) is 0 Å². The van der Waals surface area contributed by atoms with Gasteiger partial charge in [0.15, 0.2) is 0 Å². The lowest BCUT2D eigenvalue weighted by Gasteiger charge is -2.16. The first kappa shape index (κ1) is 17.7. The summed E-state index contributed by atoms with van der Waals surface area (Å²) >= 11 is 0. The molecule has 0 amide bonds. The monoisotopic (exact) mass is 363 g/mol.